The average Bonchev–Trinajstić information content (AvgIpc) is 3.20. The summed E-state index contributed by atoms with van der Waals surface area (Å²) in [5.41, 5.74) is 2.31. The number of rotatable bonds is 8. The molecule has 3 rings (SSSR count). The van der Waals surface area contributed by atoms with Crippen LogP contribution in [-0.2, 0) is 6.54 Å². The molecule has 148 valence electrons. The molecular formula is C22H23F2NO3. The highest BCUT2D eigenvalue weighted by atomic mass is 19.3. The Morgan fingerprint density at radius 1 is 1.14 bits per heavy atom. The molecule has 0 amide bonds. The first-order valence-electron chi connectivity index (χ1n) is 9.22. The van der Waals surface area contributed by atoms with Crippen molar-refractivity contribution < 1.29 is 23.0 Å². The van der Waals surface area contributed by atoms with Crippen LogP contribution >= 0.6 is 0 Å². The SMILES string of the molecule is COc1ccc(C(=O)/C=C/c2ccc(OC(F)F)cc2)cc1CN1CCCC1. The molecule has 2 aromatic rings. The van der Waals surface area contributed by atoms with Gasteiger partial charge in [0.15, 0.2) is 5.78 Å². The van der Waals surface area contributed by atoms with E-state index < -0.39 is 6.61 Å². The van der Waals surface area contributed by atoms with Crippen LogP contribution < -0.4 is 9.47 Å². The number of methoxy groups -OCH3 is 1. The van der Waals surface area contributed by atoms with E-state index in [0.717, 1.165) is 36.5 Å². The molecule has 1 saturated heterocycles. The van der Waals surface area contributed by atoms with Gasteiger partial charge in [-0.25, -0.2) is 0 Å². The molecule has 1 fully saturated rings. The summed E-state index contributed by atoms with van der Waals surface area (Å²) in [5.74, 6) is 0.737. The van der Waals surface area contributed by atoms with Gasteiger partial charge in [0.25, 0.3) is 0 Å². The maximum absolute atomic E-state index is 12.6. The van der Waals surface area contributed by atoms with Crippen molar-refractivity contribution >= 4 is 11.9 Å². The van der Waals surface area contributed by atoms with Crippen LogP contribution in [0.1, 0.15) is 34.3 Å². The topological polar surface area (TPSA) is 38.8 Å². The van der Waals surface area contributed by atoms with E-state index in [9.17, 15) is 13.6 Å². The first kappa shape index (κ1) is 20.0. The Bertz CT molecular complexity index is 828. The van der Waals surface area contributed by atoms with E-state index in [1.807, 2.05) is 12.1 Å². The Morgan fingerprint density at radius 2 is 1.86 bits per heavy atom. The number of alkyl halides is 2. The number of likely N-dealkylation sites (tertiary alicyclic amines) is 1. The van der Waals surface area contributed by atoms with Gasteiger partial charge >= 0.3 is 6.61 Å². The quantitative estimate of drug-likeness (QED) is 0.482. The Balaban J connectivity index is 1.70. The van der Waals surface area contributed by atoms with Gasteiger partial charge in [-0.2, -0.15) is 8.78 Å². The molecule has 2 aromatic carbocycles. The Morgan fingerprint density at radius 3 is 2.50 bits per heavy atom. The zero-order chi connectivity index (χ0) is 19.9. The van der Waals surface area contributed by atoms with Crippen molar-refractivity contribution in [2.75, 3.05) is 20.2 Å². The Labute approximate surface area is 163 Å². The molecule has 0 radical (unpaired) electrons. The Kier molecular flexibility index (Phi) is 6.76. The lowest BCUT2D eigenvalue weighted by Gasteiger charge is -2.17. The molecule has 28 heavy (non-hydrogen) atoms. The third-order valence-electron chi connectivity index (χ3n) is 4.69. The second-order valence-electron chi connectivity index (χ2n) is 6.66. The molecule has 1 aliphatic rings. The predicted octanol–water partition coefficient (Wildman–Crippen LogP) is 4.79. The van der Waals surface area contributed by atoms with Gasteiger partial charge in [-0.15, -0.1) is 0 Å². The number of halogens is 2. The highest BCUT2D eigenvalue weighted by Crippen LogP contribution is 2.24. The molecule has 1 aliphatic heterocycles. The van der Waals surface area contributed by atoms with Gasteiger partial charge < -0.3 is 9.47 Å². The van der Waals surface area contributed by atoms with E-state index in [1.54, 1.807) is 31.4 Å². The maximum atomic E-state index is 12.6. The number of benzene rings is 2. The van der Waals surface area contributed by atoms with Crippen LogP contribution in [0.2, 0.25) is 0 Å². The number of hydrogen-bond donors (Lipinski definition) is 0. The summed E-state index contributed by atoms with van der Waals surface area (Å²) in [5, 5.41) is 0. The Hall–Kier alpha value is -2.73. The number of nitrogens with zero attached hydrogens (tertiary/aromatic N) is 1. The van der Waals surface area contributed by atoms with Crippen molar-refractivity contribution in [3.05, 3.63) is 65.2 Å². The zero-order valence-electron chi connectivity index (χ0n) is 15.7. The lowest BCUT2D eigenvalue weighted by atomic mass is 10.0. The van der Waals surface area contributed by atoms with Gasteiger partial charge in [0, 0.05) is 17.7 Å². The smallest absolute Gasteiger partial charge is 0.387 e. The molecule has 4 nitrogen and oxygen atoms in total. The molecule has 0 bridgehead atoms. The monoisotopic (exact) mass is 387 g/mol. The van der Waals surface area contributed by atoms with Crippen LogP contribution in [-0.4, -0.2) is 37.5 Å². The van der Waals surface area contributed by atoms with Gasteiger partial charge in [0.1, 0.15) is 11.5 Å². The summed E-state index contributed by atoms with van der Waals surface area (Å²) in [7, 11) is 1.63. The summed E-state index contributed by atoms with van der Waals surface area (Å²) in [6.07, 6.45) is 5.53. The molecule has 0 spiro atoms. The fraction of sp³-hybridized carbons (Fsp3) is 0.318. The van der Waals surface area contributed by atoms with Crippen molar-refractivity contribution in [3.8, 4) is 11.5 Å². The summed E-state index contributed by atoms with van der Waals surface area (Å²) in [6, 6.07) is 11.6. The number of ketones is 1. The molecule has 0 aromatic heterocycles. The van der Waals surface area contributed by atoms with Crippen LogP contribution in [0, 0.1) is 0 Å². The standard InChI is InChI=1S/C22H23F2NO3/c1-27-21-11-7-17(14-18(21)15-25-12-2-3-13-25)20(26)10-6-16-4-8-19(9-5-16)28-22(23)24/h4-11,14,22H,2-3,12-13,15H2,1H3/b10-6+. The number of carbonyl (C=O) groups excluding carboxylic acids is 1. The molecular weight excluding hydrogens is 364 g/mol. The minimum atomic E-state index is -2.85. The molecule has 6 heteroatoms. The van der Waals surface area contributed by atoms with Gasteiger partial charge in [0.2, 0.25) is 0 Å². The summed E-state index contributed by atoms with van der Waals surface area (Å²) >= 11 is 0. The predicted molar refractivity (Wildman–Crippen MR) is 104 cm³/mol. The van der Waals surface area contributed by atoms with Gasteiger partial charge in [-0.1, -0.05) is 18.2 Å². The second-order valence-corrected chi connectivity index (χ2v) is 6.66. The minimum absolute atomic E-state index is 0.0835. The van der Waals surface area contributed by atoms with Crippen LogP contribution in [0.3, 0.4) is 0 Å². The van der Waals surface area contributed by atoms with Crippen molar-refractivity contribution in [2.24, 2.45) is 0 Å². The van der Waals surface area contributed by atoms with Crippen LogP contribution in [0.15, 0.2) is 48.5 Å². The number of ether oxygens (including phenoxy) is 2. The van der Waals surface area contributed by atoms with Crippen molar-refractivity contribution in [2.45, 2.75) is 26.0 Å². The highest BCUT2D eigenvalue weighted by Gasteiger charge is 2.15. The number of hydrogen-bond acceptors (Lipinski definition) is 4. The third kappa shape index (κ3) is 5.39. The first-order chi connectivity index (χ1) is 13.5. The summed E-state index contributed by atoms with van der Waals surface area (Å²) in [4.78, 5) is 14.9. The normalized spacial score (nSPS) is 14.7. The molecule has 0 aliphatic carbocycles. The summed E-state index contributed by atoms with van der Waals surface area (Å²) in [6.45, 7) is 0.0336. The highest BCUT2D eigenvalue weighted by molar-refractivity contribution is 6.07. The summed E-state index contributed by atoms with van der Waals surface area (Å²) < 4.78 is 34.1. The largest absolute Gasteiger partial charge is 0.496 e. The van der Waals surface area contributed by atoms with Crippen LogP contribution in [0.4, 0.5) is 8.78 Å². The van der Waals surface area contributed by atoms with Crippen LogP contribution in [0.25, 0.3) is 6.08 Å². The van der Waals surface area contributed by atoms with E-state index in [4.69, 9.17) is 4.74 Å². The van der Waals surface area contributed by atoms with Gasteiger partial charge in [0.05, 0.1) is 7.11 Å². The van der Waals surface area contributed by atoms with E-state index in [0.29, 0.717) is 5.56 Å². The van der Waals surface area contributed by atoms with E-state index in [-0.39, 0.29) is 11.5 Å². The fourth-order valence-corrected chi connectivity index (χ4v) is 3.27. The van der Waals surface area contributed by atoms with Crippen molar-refractivity contribution in [3.63, 3.8) is 0 Å². The maximum Gasteiger partial charge on any atom is 0.387 e. The van der Waals surface area contributed by atoms with Gasteiger partial charge in [-0.05, 0) is 67.9 Å². The lowest BCUT2D eigenvalue weighted by molar-refractivity contribution is -0.0498. The van der Waals surface area contributed by atoms with E-state index in [2.05, 4.69) is 9.64 Å². The zero-order valence-corrected chi connectivity index (χ0v) is 15.7. The fourth-order valence-electron chi connectivity index (χ4n) is 3.27. The number of allylic oxidation sites excluding steroid dienone is 1. The van der Waals surface area contributed by atoms with Crippen molar-refractivity contribution in [1.29, 1.82) is 0 Å². The molecule has 0 saturated carbocycles. The molecule has 0 unspecified atom stereocenters. The average molecular weight is 387 g/mol. The van der Waals surface area contributed by atoms with E-state index >= 15 is 0 Å². The molecule has 0 atom stereocenters. The van der Waals surface area contributed by atoms with Gasteiger partial charge in [-0.3, -0.25) is 9.69 Å². The minimum Gasteiger partial charge on any atom is -0.496 e. The first-order valence-corrected chi connectivity index (χ1v) is 9.22. The second kappa shape index (κ2) is 9.46. The third-order valence-corrected chi connectivity index (χ3v) is 4.69. The van der Waals surface area contributed by atoms with Crippen LogP contribution in [0.5, 0.6) is 11.5 Å². The van der Waals surface area contributed by atoms with Crippen molar-refractivity contribution in [1.82, 2.24) is 4.90 Å². The lowest BCUT2D eigenvalue weighted by Crippen LogP contribution is -2.19. The molecule has 0 N–H and O–H groups in total. The molecule has 1 heterocycles. The number of carbonyl (C=O) groups is 1. The van der Waals surface area contributed by atoms with E-state index in [1.165, 1.54) is 31.1 Å².